The maximum atomic E-state index is 12.9. The molecule has 0 bridgehead atoms. The van der Waals surface area contributed by atoms with Gasteiger partial charge in [0.2, 0.25) is 15.9 Å². The van der Waals surface area contributed by atoms with Crippen molar-refractivity contribution in [2.75, 3.05) is 25.0 Å². The van der Waals surface area contributed by atoms with Crippen molar-refractivity contribution < 1.29 is 18.0 Å². The highest BCUT2D eigenvalue weighted by atomic mass is 32.2. The number of anilines is 1. The molecule has 1 aliphatic rings. The van der Waals surface area contributed by atoms with E-state index in [1.165, 1.54) is 21.7 Å². The van der Waals surface area contributed by atoms with Gasteiger partial charge in [-0.25, -0.2) is 8.42 Å². The minimum Gasteiger partial charge on any atom is -0.351 e. The molecule has 29 heavy (non-hydrogen) atoms. The molecule has 1 aliphatic heterocycles. The molecule has 2 amide bonds. The molecule has 1 aromatic carbocycles. The van der Waals surface area contributed by atoms with E-state index in [0.29, 0.717) is 24.3 Å². The maximum Gasteiger partial charge on any atom is 0.252 e. The van der Waals surface area contributed by atoms with Gasteiger partial charge in [-0.1, -0.05) is 18.9 Å². The van der Waals surface area contributed by atoms with Crippen LogP contribution in [-0.4, -0.2) is 44.2 Å². The molecule has 3 rings (SSSR count). The molecule has 0 atom stereocenters. The largest absolute Gasteiger partial charge is 0.351 e. The van der Waals surface area contributed by atoms with Crippen molar-refractivity contribution in [3.8, 4) is 0 Å². The van der Waals surface area contributed by atoms with Crippen LogP contribution < -0.4 is 10.6 Å². The van der Waals surface area contributed by atoms with E-state index < -0.39 is 10.0 Å². The third-order valence-corrected chi connectivity index (χ3v) is 7.32. The van der Waals surface area contributed by atoms with Gasteiger partial charge < -0.3 is 10.6 Å². The second kappa shape index (κ2) is 10.00. The van der Waals surface area contributed by atoms with Crippen molar-refractivity contribution in [2.45, 2.75) is 37.0 Å². The quantitative estimate of drug-likeness (QED) is 0.699. The zero-order chi connectivity index (χ0) is 20.7. The molecule has 0 radical (unpaired) electrons. The summed E-state index contributed by atoms with van der Waals surface area (Å²) in [6.45, 7) is 1.26. The number of nitrogens with one attached hydrogen (secondary N) is 2. The summed E-state index contributed by atoms with van der Waals surface area (Å²) >= 11 is 1.43. The van der Waals surface area contributed by atoms with E-state index in [4.69, 9.17) is 0 Å². The van der Waals surface area contributed by atoms with Gasteiger partial charge in [-0.3, -0.25) is 9.59 Å². The first-order chi connectivity index (χ1) is 14.0. The van der Waals surface area contributed by atoms with Crippen LogP contribution in [0.25, 0.3) is 0 Å². The van der Waals surface area contributed by atoms with Gasteiger partial charge in [0.15, 0.2) is 0 Å². The Kier molecular flexibility index (Phi) is 7.40. The lowest BCUT2D eigenvalue weighted by atomic mass is 10.2. The van der Waals surface area contributed by atoms with Gasteiger partial charge >= 0.3 is 0 Å². The first-order valence-corrected chi connectivity index (χ1v) is 12.1. The zero-order valence-corrected chi connectivity index (χ0v) is 17.7. The molecule has 156 valence electrons. The van der Waals surface area contributed by atoms with Crippen LogP contribution in [-0.2, 0) is 14.8 Å². The average Bonchev–Trinajstić information content (AvgIpc) is 3.10. The average molecular weight is 436 g/mol. The summed E-state index contributed by atoms with van der Waals surface area (Å²) in [5.74, 6) is -0.510. The molecule has 7 nitrogen and oxygen atoms in total. The maximum absolute atomic E-state index is 12.9. The predicted molar refractivity (Wildman–Crippen MR) is 114 cm³/mol. The Morgan fingerprint density at radius 1 is 1.07 bits per heavy atom. The molecule has 1 saturated heterocycles. The van der Waals surface area contributed by atoms with Crippen molar-refractivity contribution in [2.24, 2.45) is 0 Å². The lowest BCUT2D eigenvalue weighted by molar-refractivity contribution is -0.116. The Morgan fingerprint density at radius 2 is 1.83 bits per heavy atom. The van der Waals surface area contributed by atoms with Crippen LogP contribution in [0.3, 0.4) is 0 Å². The molecule has 2 aromatic rings. The summed E-state index contributed by atoms with van der Waals surface area (Å²) in [6.07, 6.45) is 3.93. The first kappa shape index (κ1) is 21.5. The Bertz CT molecular complexity index is 934. The monoisotopic (exact) mass is 435 g/mol. The topological polar surface area (TPSA) is 95.6 Å². The normalized spacial score (nSPS) is 15.4. The van der Waals surface area contributed by atoms with Crippen LogP contribution in [0.2, 0.25) is 0 Å². The lowest BCUT2D eigenvalue weighted by Crippen LogP contribution is -2.32. The second-order valence-corrected chi connectivity index (χ2v) is 9.63. The molecule has 2 N–H and O–H groups in total. The van der Waals surface area contributed by atoms with Crippen LogP contribution in [0.1, 0.15) is 42.5 Å². The summed E-state index contributed by atoms with van der Waals surface area (Å²) < 4.78 is 27.3. The Hall–Kier alpha value is -2.23. The van der Waals surface area contributed by atoms with E-state index in [2.05, 4.69) is 10.6 Å². The minimum absolute atomic E-state index is 0.0962. The summed E-state index contributed by atoms with van der Waals surface area (Å²) in [7, 11) is -3.57. The van der Waals surface area contributed by atoms with Gasteiger partial charge in [0.1, 0.15) is 0 Å². The van der Waals surface area contributed by atoms with E-state index in [0.717, 1.165) is 25.7 Å². The summed E-state index contributed by atoms with van der Waals surface area (Å²) in [6, 6.07) is 8.04. The fourth-order valence-corrected chi connectivity index (χ4v) is 5.37. The van der Waals surface area contributed by atoms with Gasteiger partial charge in [0, 0.05) is 42.7 Å². The van der Waals surface area contributed by atoms with Gasteiger partial charge in [-0.2, -0.15) is 15.6 Å². The third-order valence-electron chi connectivity index (χ3n) is 4.74. The molecule has 0 saturated carbocycles. The molecule has 0 unspecified atom stereocenters. The van der Waals surface area contributed by atoms with Gasteiger partial charge in [0.05, 0.1) is 4.90 Å². The van der Waals surface area contributed by atoms with E-state index in [-0.39, 0.29) is 29.7 Å². The number of hydrogen-bond donors (Lipinski definition) is 2. The van der Waals surface area contributed by atoms with Crippen molar-refractivity contribution in [3.63, 3.8) is 0 Å². The van der Waals surface area contributed by atoms with Crippen molar-refractivity contribution >= 4 is 38.9 Å². The van der Waals surface area contributed by atoms with Crippen LogP contribution in [0.4, 0.5) is 5.69 Å². The molecule has 1 fully saturated rings. The van der Waals surface area contributed by atoms with E-state index in [1.807, 2.05) is 5.38 Å². The molecular weight excluding hydrogens is 410 g/mol. The molecule has 0 spiro atoms. The van der Waals surface area contributed by atoms with Crippen LogP contribution in [0.5, 0.6) is 0 Å². The fraction of sp³-hybridized carbons (Fsp3) is 0.400. The number of amides is 2. The zero-order valence-electron chi connectivity index (χ0n) is 16.1. The van der Waals surface area contributed by atoms with E-state index in [1.54, 1.807) is 29.6 Å². The highest BCUT2D eigenvalue weighted by Crippen LogP contribution is 2.22. The predicted octanol–water partition coefficient (Wildman–Crippen LogP) is 3.07. The van der Waals surface area contributed by atoms with E-state index >= 15 is 0 Å². The summed E-state index contributed by atoms with van der Waals surface area (Å²) in [4.78, 5) is 24.2. The Morgan fingerprint density at radius 3 is 2.52 bits per heavy atom. The van der Waals surface area contributed by atoms with E-state index in [9.17, 15) is 18.0 Å². The van der Waals surface area contributed by atoms with Gasteiger partial charge in [-0.15, -0.1) is 0 Å². The van der Waals surface area contributed by atoms with Crippen molar-refractivity contribution in [3.05, 3.63) is 46.7 Å². The number of carbonyl (C=O) groups is 2. The SMILES string of the molecule is O=C(CCNC(=O)c1ccsc1)Nc1cccc(S(=O)(=O)N2CCCCCC2)c1. The fourth-order valence-electron chi connectivity index (χ4n) is 3.17. The first-order valence-electron chi connectivity index (χ1n) is 9.67. The van der Waals surface area contributed by atoms with Crippen molar-refractivity contribution in [1.29, 1.82) is 0 Å². The minimum atomic E-state index is -3.57. The smallest absolute Gasteiger partial charge is 0.252 e. The molecule has 0 aliphatic carbocycles. The lowest BCUT2D eigenvalue weighted by Gasteiger charge is -2.20. The highest BCUT2D eigenvalue weighted by Gasteiger charge is 2.25. The standard InChI is InChI=1S/C20H25N3O4S2/c24-19(8-10-21-20(25)16-9-13-28-15-16)22-17-6-5-7-18(14-17)29(26,27)23-11-3-1-2-4-12-23/h5-7,9,13-15H,1-4,8,10-12H2,(H,21,25)(H,22,24). The third kappa shape index (κ3) is 5.88. The van der Waals surface area contributed by atoms with Gasteiger partial charge in [-0.05, 0) is 42.5 Å². The number of benzene rings is 1. The Labute approximate surface area is 175 Å². The number of hydrogen-bond acceptors (Lipinski definition) is 5. The summed E-state index contributed by atoms with van der Waals surface area (Å²) in [5.41, 5.74) is 0.997. The summed E-state index contributed by atoms with van der Waals surface area (Å²) in [5, 5.41) is 8.95. The van der Waals surface area contributed by atoms with Crippen LogP contribution in [0.15, 0.2) is 46.0 Å². The van der Waals surface area contributed by atoms with Crippen LogP contribution in [0, 0.1) is 0 Å². The van der Waals surface area contributed by atoms with Crippen LogP contribution >= 0.6 is 11.3 Å². The Balaban J connectivity index is 1.56. The van der Waals surface area contributed by atoms with Crippen molar-refractivity contribution in [1.82, 2.24) is 9.62 Å². The van der Waals surface area contributed by atoms with Gasteiger partial charge in [0.25, 0.3) is 5.91 Å². The molecule has 1 aromatic heterocycles. The second-order valence-electron chi connectivity index (χ2n) is 6.91. The number of sulfonamides is 1. The molecule has 9 heteroatoms. The number of rotatable bonds is 7. The number of thiophene rings is 1. The number of nitrogens with zero attached hydrogens (tertiary/aromatic N) is 1. The highest BCUT2D eigenvalue weighted by molar-refractivity contribution is 7.89. The molecule has 2 heterocycles. The number of carbonyl (C=O) groups excluding carboxylic acids is 2. The molecular formula is C20H25N3O4S2.